The summed E-state index contributed by atoms with van der Waals surface area (Å²) in [5.41, 5.74) is 49.3. The minimum Gasteiger partial charge on any atom is -0.657 e. The molecule has 4 aliphatic rings. The van der Waals surface area contributed by atoms with Crippen LogP contribution in [0.3, 0.4) is 0 Å². The van der Waals surface area contributed by atoms with Crippen LogP contribution in [0.5, 0.6) is 0 Å². The average Bonchev–Trinajstić information content (AvgIpc) is 1.62. The molecule has 0 spiro atoms. The third-order valence-electron chi connectivity index (χ3n) is 24.3. The van der Waals surface area contributed by atoms with Crippen LogP contribution in [0, 0.1) is 150 Å². The Labute approximate surface area is 774 Å². The molecule has 127 heavy (non-hydrogen) atoms. The SMILES string of the molecule is Cc1cc(C)c(-c2c3nc(c(-c4ccc(C#Cc5ccc(C#N)c(C#N)c5)cc4)c4ccc([n-]4)c(-c4c(C)cc(C)cc4C)c4nc(c(-c5ccc(C#Cc6ccc(-c7c8nc(c(-c9c(C)cc(C)cc9C)c9ccc([n-]9)c(-c9c(C)cc(C)cc9C)c9nc(c(-c%10c(C)cc(C)cc%10C)c%10ccc7[n-]%10)C=C9)C=C8)cc6)cc5)c5ccc2[n-]5)C=C4)C=C3)c(C)c1.[Mg+2].[Mg+2]. The number of hydrogen-bond donors (Lipinski definition) is 0. The number of fused-ring (bicyclic) bond motifs is 16. The number of hydrogen-bond acceptors (Lipinski definition) is 6. The number of aromatic nitrogens is 8. The first kappa shape index (κ1) is 85.0. The van der Waals surface area contributed by atoms with E-state index in [0.29, 0.717) is 16.7 Å². The van der Waals surface area contributed by atoms with Gasteiger partial charge in [0, 0.05) is 22.3 Å². The van der Waals surface area contributed by atoms with Gasteiger partial charge in [-0.05, 0) is 352 Å². The molecule has 0 aliphatic carbocycles. The van der Waals surface area contributed by atoms with E-state index in [1.807, 2.05) is 12.1 Å². The molecule has 9 aromatic carbocycles. The summed E-state index contributed by atoms with van der Waals surface area (Å²) in [5.74, 6) is 13.6. The predicted molar refractivity (Wildman–Crippen MR) is 527 cm³/mol. The van der Waals surface area contributed by atoms with Crippen LogP contribution in [0.1, 0.15) is 162 Å². The van der Waals surface area contributed by atoms with E-state index in [2.05, 4.69) is 358 Å². The second-order valence-corrected chi connectivity index (χ2v) is 33.8. The van der Waals surface area contributed by atoms with Gasteiger partial charge in [-0.15, -0.1) is 44.1 Å². The van der Waals surface area contributed by atoms with E-state index in [0.717, 1.165) is 251 Å². The number of benzene rings is 9. The molecule has 10 nitrogen and oxygen atoms in total. The second-order valence-electron chi connectivity index (χ2n) is 33.8. The molecule has 0 saturated heterocycles. The molecule has 12 heteroatoms. The Hall–Kier alpha value is -14.2. The van der Waals surface area contributed by atoms with Gasteiger partial charge in [-0.3, -0.25) is 0 Å². The molecule has 0 fully saturated rings. The number of nitrogens with zero attached hydrogens (tertiary/aromatic N) is 10. The van der Waals surface area contributed by atoms with E-state index in [1.165, 1.54) is 27.8 Å². The van der Waals surface area contributed by atoms with Gasteiger partial charge in [-0.25, -0.2) is 19.9 Å². The molecule has 19 rings (SSSR count). The van der Waals surface area contributed by atoms with Crippen LogP contribution in [0.4, 0.5) is 0 Å². The second kappa shape index (κ2) is 34.4. The fraction of sp³-hybridized carbons (Fsp3) is 0.130. The number of nitriles is 2. The predicted octanol–water partition coefficient (Wildman–Crippen LogP) is 25.9. The van der Waals surface area contributed by atoms with Crippen molar-refractivity contribution in [2.75, 3.05) is 0 Å². The van der Waals surface area contributed by atoms with E-state index in [9.17, 15) is 10.5 Å². The van der Waals surface area contributed by atoms with Crippen molar-refractivity contribution in [3.8, 4) is 125 Å². The number of aryl methyl sites for hydroxylation is 15. The Morgan fingerprint density at radius 2 is 0.378 bits per heavy atom. The summed E-state index contributed by atoms with van der Waals surface area (Å²) in [7, 11) is 0. The van der Waals surface area contributed by atoms with Crippen molar-refractivity contribution in [2.24, 2.45) is 0 Å². The van der Waals surface area contributed by atoms with Crippen molar-refractivity contribution in [3.05, 3.63) is 363 Å². The van der Waals surface area contributed by atoms with Gasteiger partial charge in [0.25, 0.3) is 0 Å². The maximum atomic E-state index is 9.76. The average molecular weight is 1660 g/mol. The third-order valence-corrected chi connectivity index (χ3v) is 24.3. The summed E-state index contributed by atoms with van der Waals surface area (Å²) >= 11 is 0. The summed E-state index contributed by atoms with van der Waals surface area (Å²) in [4.78, 5) is 45.4. The van der Waals surface area contributed by atoms with E-state index >= 15 is 0 Å². The van der Waals surface area contributed by atoms with Gasteiger partial charge < -0.3 is 19.9 Å². The molecule has 0 atom stereocenters. The topological polar surface area (TPSA) is 156 Å². The van der Waals surface area contributed by atoms with Gasteiger partial charge in [-0.1, -0.05) is 197 Å². The fourth-order valence-electron chi connectivity index (χ4n) is 19.5. The summed E-state index contributed by atoms with van der Waals surface area (Å²) in [5, 5.41) is 19.3. The molecule has 16 bridgehead atoms. The minimum atomic E-state index is 0. The molecule has 600 valence electrons. The summed E-state index contributed by atoms with van der Waals surface area (Å²) in [6.07, 6.45) is 17.1. The van der Waals surface area contributed by atoms with E-state index in [-0.39, 0.29) is 46.1 Å². The Morgan fingerprint density at radius 3 is 0.583 bits per heavy atom. The van der Waals surface area contributed by atoms with Crippen molar-refractivity contribution in [3.63, 3.8) is 0 Å². The zero-order valence-corrected chi connectivity index (χ0v) is 76.9. The summed E-state index contributed by atoms with van der Waals surface area (Å²) in [6.45, 7) is 32.6. The van der Waals surface area contributed by atoms with Crippen molar-refractivity contribution in [2.45, 2.75) is 104 Å². The minimum absolute atomic E-state index is 0. The van der Waals surface area contributed by atoms with Crippen molar-refractivity contribution >= 4 is 139 Å². The first-order chi connectivity index (χ1) is 60.5. The largest absolute Gasteiger partial charge is 2.00 e. The van der Waals surface area contributed by atoms with Crippen LogP contribution in [-0.2, 0) is 0 Å². The molecule has 6 aromatic heterocycles. The molecule has 10 heterocycles. The molecule has 0 saturated carbocycles. The van der Waals surface area contributed by atoms with E-state index < -0.39 is 0 Å². The maximum absolute atomic E-state index is 9.76. The van der Waals surface area contributed by atoms with Crippen molar-refractivity contribution in [1.29, 1.82) is 10.5 Å². The van der Waals surface area contributed by atoms with Crippen molar-refractivity contribution < 1.29 is 0 Å². The molecule has 15 aromatic rings. The van der Waals surface area contributed by atoms with Crippen LogP contribution in [-0.4, -0.2) is 66.0 Å². The molecule has 0 unspecified atom stereocenters. The first-order valence-corrected chi connectivity index (χ1v) is 42.3. The molecule has 0 amide bonds. The van der Waals surface area contributed by atoms with E-state index in [1.54, 1.807) is 18.2 Å². The Bertz CT molecular complexity index is 7730. The van der Waals surface area contributed by atoms with Gasteiger partial charge in [0.1, 0.15) is 12.1 Å². The molecule has 0 radical (unpaired) electrons. The zero-order valence-electron chi connectivity index (χ0n) is 74.1. The number of rotatable bonds is 8. The van der Waals surface area contributed by atoms with Crippen molar-refractivity contribution in [1.82, 2.24) is 39.9 Å². The Morgan fingerprint density at radius 1 is 0.197 bits per heavy atom. The van der Waals surface area contributed by atoms with Crippen LogP contribution >= 0.6 is 0 Å². The van der Waals surface area contributed by atoms with Crippen LogP contribution < -0.4 is 19.9 Å². The van der Waals surface area contributed by atoms with Gasteiger partial charge in [-0.2, -0.15) is 10.5 Å². The molecule has 0 N–H and O–H groups in total. The summed E-state index contributed by atoms with van der Waals surface area (Å²) in [6, 6.07) is 74.0. The smallest absolute Gasteiger partial charge is 0.657 e. The maximum Gasteiger partial charge on any atom is 2.00 e. The first-order valence-electron chi connectivity index (χ1n) is 42.3. The monoisotopic (exact) mass is 1650 g/mol. The van der Waals surface area contributed by atoms with Crippen LogP contribution in [0.15, 0.2) is 200 Å². The van der Waals surface area contributed by atoms with Gasteiger partial charge in [0.2, 0.25) is 0 Å². The summed E-state index contributed by atoms with van der Waals surface area (Å²) < 4.78 is 0. The molecular formula is C115H86Mg2N10. The molecular weight excluding hydrogens is 1570 g/mol. The zero-order chi connectivity index (χ0) is 86.5. The van der Waals surface area contributed by atoms with Crippen LogP contribution in [0.25, 0.3) is 182 Å². The van der Waals surface area contributed by atoms with Gasteiger partial charge in [0.15, 0.2) is 0 Å². The third kappa shape index (κ3) is 15.9. The van der Waals surface area contributed by atoms with Gasteiger partial charge in [0.05, 0.1) is 56.7 Å². The molecule has 4 aliphatic heterocycles. The van der Waals surface area contributed by atoms with E-state index in [4.69, 9.17) is 39.9 Å². The van der Waals surface area contributed by atoms with Crippen LogP contribution in [0.2, 0.25) is 0 Å². The fourth-order valence-corrected chi connectivity index (χ4v) is 19.5. The Balaban J connectivity index is 0.00000568. The Kier molecular flexibility index (Phi) is 23.0. The van der Waals surface area contributed by atoms with Gasteiger partial charge >= 0.3 is 46.1 Å². The standard InChI is InChI=1S/C115H86N10.2Mg/c1-63-50-68(6)103(69(7)51-63)111-93-40-34-87(118-93)108(88-35-41-94(119-88)112(104-70(8)52-64(2)53-71(104)9)96-43-37-90(121-96)110(89-36-42-95(111)120-89)84-31-24-80(25-32-84)18-19-81-26-33-85(61-116)86(60-81)62-117)82-27-20-78(21-28-82)16-17-79-22-29-83(30-23-79)109-91-38-44-97(122-91)113(105-72(10)54-65(3)55-73(105)11)99-46-48-101(124-99)115(107-76(14)58-67(5)59-77(107)15)102-49-47-100(125-102)114(98-45-39-92(109)123-98)106-74(12)56-66(4)57-75(106)13;;/h20-60H,1-15H3;;/q-4;2*+2. The normalized spacial score (nSPS) is 11.7. The quantitative estimate of drug-likeness (QED) is 0.106.